The molecule has 0 unspecified atom stereocenters. The zero-order chi connectivity index (χ0) is 19.6. The van der Waals surface area contributed by atoms with E-state index >= 15 is 0 Å². The zero-order valence-electron chi connectivity index (χ0n) is 14.3. The summed E-state index contributed by atoms with van der Waals surface area (Å²) in [5.41, 5.74) is 5.12. The molecule has 0 aliphatic rings. The Morgan fingerprint density at radius 1 is 1.04 bits per heavy atom. The van der Waals surface area contributed by atoms with E-state index in [-0.39, 0.29) is 0 Å². The lowest BCUT2D eigenvalue weighted by Gasteiger charge is -2.08. The maximum Gasteiger partial charge on any atom is 0.281 e. The van der Waals surface area contributed by atoms with E-state index in [9.17, 15) is 9.59 Å². The van der Waals surface area contributed by atoms with Crippen molar-refractivity contribution in [3.05, 3.63) is 56.3 Å². The monoisotopic (exact) mass is 468 g/mol. The minimum atomic E-state index is -0.499. The van der Waals surface area contributed by atoms with Crippen LogP contribution in [0.4, 0.5) is 0 Å². The molecule has 0 radical (unpaired) electrons. The van der Waals surface area contributed by atoms with Gasteiger partial charge in [0.2, 0.25) is 0 Å². The van der Waals surface area contributed by atoms with E-state index in [4.69, 9.17) is 21.1 Å². The van der Waals surface area contributed by atoms with E-state index < -0.39 is 11.8 Å². The number of fused-ring (bicyclic) bond motifs is 1. The number of rotatable bonds is 4. The molecular weight excluding hydrogens is 456 g/mol. The topological polar surface area (TPSA) is 76.7 Å². The Labute approximate surface area is 172 Å². The standard InChI is InChI=1S/C18H14BrClN2O4S/c1-25-10-4-5-11-14(8-10)27-16(15(11)20)18(24)22-21-17(23)9-3-6-13(26-2)12(19)7-9/h3-8H,1-2H3,(H,21,23)(H,22,24). The molecule has 0 atom stereocenters. The lowest BCUT2D eigenvalue weighted by atomic mass is 10.2. The van der Waals surface area contributed by atoms with Gasteiger partial charge < -0.3 is 9.47 Å². The van der Waals surface area contributed by atoms with Crippen LogP contribution in [0.15, 0.2) is 40.9 Å². The summed E-state index contributed by atoms with van der Waals surface area (Å²) in [4.78, 5) is 25.0. The second-order valence-corrected chi connectivity index (χ2v) is 7.65. The average molecular weight is 470 g/mol. The van der Waals surface area contributed by atoms with Crippen molar-refractivity contribution in [2.45, 2.75) is 0 Å². The van der Waals surface area contributed by atoms with Crippen molar-refractivity contribution >= 4 is 60.8 Å². The number of thiophene rings is 1. The molecule has 0 saturated carbocycles. The SMILES string of the molecule is COc1ccc2c(Cl)c(C(=O)NNC(=O)c3ccc(OC)c(Br)c3)sc2c1. The lowest BCUT2D eigenvalue weighted by molar-refractivity contribution is 0.0849. The molecular formula is C18H14BrClN2O4S. The molecule has 0 aliphatic carbocycles. The highest BCUT2D eigenvalue weighted by Gasteiger charge is 2.18. The van der Waals surface area contributed by atoms with Gasteiger partial charge >= 0.3 is 0 Å². The van der Waals surface area contributed by atoms with Crippen molar-refractivity contribution in [3.63, 3.8) is 0 Å². The fraction of sp³-hybridized carbons (Fsp3) is 0.111. The van der Waals surface area contributed by atoms with Crippen LogP contribution in [0, 0.1) is 0 Å². The van der Waals surface area contributed by atoms with E-state index in [1.165, 1.54) is 18.4 Å². The minimum absolute atomic E-state index is 0.302. The quantitative estimate of drug-likeness (QED) is 0.555. The van der Waals surface area contributed by atoms with Gasteiger partial charge in [0.05, 0.1) is 23.7 Å². The number of amides is 2. The molecule has 0 spiro atoms. The number of carbonyl (C=O) groups excluding carboxylic acids is 2. The third kappa shape index (κ3) is 4.02. The van der Waals surface area contributed by atoms with Crippen molar-refractivity contribution in [2.75, 3.05) is 14.2 Å². The van der Waals surface area contributed by atoms with Crippen LogP contribution >= 0.6 is 38.9 Å². The van der Waals surface area contributed by atoms with Gasteiger partial charge in [0, 0.05) is 15.6 Å². The van der Waals surface area contributed by atoms with Crippen LogP contribution in [-0.2, 0) is 0 Å². The highest BCUT2D eigenvalue weighted by Crippen LogP contribution is 2.37. The highest BCUT2D eigenvalue weighted by molar-refractivity contribution is 9.10. The lowest BCUT2D eigenvalue weighted by Crippen LogP contribution is -2.41. The van der Waals surface area contributed by atoms with Gasteiger partial charge in [0.25, 0.3) is 11.8 Å². The Kier molecular flexibility index (Phi) is 5.88. The van der Waals surface area contributed by atoms with Gasteiger partial charge in [0.1, 0.15) is 16.4 Å². The van der Waals surface area contributed by atoms with Crippen molar-refractivity contribution in [1.29, 1.82) is 0 Å². The number of nitrogens with one attached hydrogen (secondary N) is 2. The molecule has 2 aromatic carbocycles. The van der Waals surface area contributed by atoms with E-state index in [1.807, 2.05) is 0 Å². The molecule has 0 fully saturated rings. The number of ether oxygens (including phenoxy) is 2. The summed E-state index contributed by atoms with van der Waals surface area (Å²) in [6.07, 6.45) is 0. The Balaban J connectivity index is 1.74. The van der Waals surface area contributed by atoms with Crippen LogP contribution in [-0.4, -0.2) is 26.0 Å². The van der Waals surface area contributed by atoms with Crippen molar-refractivity contribution in [1.82, 2.24) is 10.9 Å². The Bertz CT molecular complexity index is 1040. The summed E-state index contributed by atoms with van der Waals surface area (Å²) in [6.45, 7) is 0. The maximum atomic E-state index is 12.4. The van der Waals surface area contributed by atoms with Crippen LogP contribution in [0.1, 0.15) is 20.0 Å². The Hall–Kier alpha value is -2.29. The van der Waals surface area contributed by atoms with E-state index in [1.54, 1.807) is 43.5 Å². The van der Waals surface area contributed by atoms with E-state index in [0.717, 1.165) is 10.1 Å². The summed E-state index contributed by atoms with van der Waals surface area (Å²) in [5.74, 6) is 0.306. The van der Waals surface area contributed by atoms with Crippen LogP contribution in [0.3, 0.4) is 0 Å². The van der Waals surface area contributed by atoms with Crippen LogP contribution in [0.25, 0.3) is 10.1 Å². The van der Waals surface area contributed by atoms with Gasteiger partial charge in [-0.3, -0.25) is 20.4 Å². The fourth-order valence-corrected chi connectivity index (χ4v) is 4.35. The number of hydrogen-bond acceptors (Lipinski definition) is 5. The number of methoxy groups -OCH3 is 2. The molecule has 0 saturated heterocycles. The summed E-state index contributed by atoms with van der Waals surface area (Å²) in [7, 11) is 3.10. The normalized spacial score (nSPS) is 10.5. The average Bonchev–Trinajstić information content (AvgIpc) is 3.01. The number of carbonyl (C=O) groups is 2. The van der Waals surface area contributed by atoms with E-state index in [2.05, 4.69) is 26.8 Å². The third-order valence-electron chi connectivity index (χ3n) is 3.75. The minimum Gasteiger partial charge on any atom is -0.497 e. The predicted octanol–water partition coefficient (Wildman–Crippen LogP) is 4.41. The molecule has 140 valence electrons. The largest absolute Gasteiger partial charge is 0.497 e. The summed E-state index contributed by atoms with van der Waals surface area (Å²) in [5, 5.41) is 1.08. The molecule has 0 bridgehead atoms. The van der Waals surface area contributed by atoms with Crippen LogP contribution < -0.4 is 20.3 Å². The first-order chi connectivity index (χ1) is 12.9. The number of benzene rings is 2. The Morgan fingerprint density at radius 2 is 1.78 bits per heavy atom. The number of halogens is 2. The molecule has 1 aromatic heterocycles. The van der Waals surface area contributed by atoms with Crippen LogP contribution in [0.5, 0.6) is 11.5 Å². The molecule has 3 aromatic rings. The molecule has 3 rings (SSSR count). The number of hydrazine groups is 1. The van der Waals surface area contributed by atoms with Crippen molar-refractivity contribution in [3.8, 4) is 11.5 Å². The van der Waals surface area contributed by atoms with Gasteiger partial charge in [-0.15, -0.1) is 11.3 Å². The van der Waals surface area contributed by atoms with Gasteiger partial charge in [-0.2, -0.15) is 0 Å². The molecule has 0 aliphatic heterocycles. The smallest absolute Gasteiger partial charge is 0.281 e. The molecule has 2 N–H and O–H groups in total. The highest BCUT2D eigenvalue weighted by atomic mass is 79.9. The molecule has 9 heteroatoms. The Morgan fingerprint density at radius 3 is 2.44 bits per heavy atom. The van der Waals surface area contributed by atoms with Gasteiger partial charge in [-0.1, -0.05) is 11.6 Å². The second kappa shape index (κ2) is 8.16. The maximum absolute atomic E-state index is 12.4. The van der Waals surface area contributed by atoms with Crippen molar-refractivity contribution < 1.29 is 19.1 Å². The predicted molar refractivity (Wildman–Crippen MR) is 109 cm³/mol. The van der Waals surface area contributed by atoms with Gasteiger partial charge in [-0.05, 0) is 52.3 Å². The van der Waals surface area contributed by atoms with Crippen molar-refractivity contribution in [2.24, 2.45) is 0 Å². The first-order valence-electron chi connectivity index (χ1n) is 7.65. The zero-order valence-corrected chi connectivity index (χ0v) is 17.4. The van der Waals surface area contributed by atoms with E-state index in [0.29, 0.717) is 31.4 Å². The molecule has 2 amide bonds. The van der Waals surface area contributed by atoms with Gasteiger partial charge in [0.15, 0.2) is 0 Å². The number of hydrogen-bond donors (Lipinski definition) is 2. The molecule has 27 heavy (non-hydrogen) atoms. The fourth-order valence-electron chi connectivity index (χ4n) is 2.37. The molecule has 6 nitrogen and oxygen atoms in total. The first-order valence-corrected chi connectivity index (χ1v) is 9.63. The third-order valence-corrected chi connectivity index (χ3v) is 6.02. The van der Waals surface area contributed by atoms with Crippen LogP contribution in [0.2, 0.25) is 5.02 Å². The van der Waals surface area contributed by atoms with Gasteiger partial charge in [-0.25, -0.2) is 0 Å². The molecule has 1 heterocycles. The first kappa shape index (κ1) is 19.5. The summed E-state index contributed by atoms with van der Waals surface area (Å²) in [6, 6.07) is 10.2. The second-order valence-electron chi connectivity index (χ2n) is 5.36. The summed E-state index contributed by atoms with van der Waals surface area (Å²) >= 11 is 10.8. The summed E-state index contributed by atoms with van der Waals surface area (Å²) < 4.78 is 11.7.